The Bertz CT molecular complexity index is 400. The molecule has 1 saturated carbocycles. The van der Waals surface area contributed by atoms with Crippen LogP contribution in [0.5, 0.6) is 0 Å². The Morgan fingerprint density at radius 1 is 1.41 bits per heavy atom. The predicted octanol–water partition coefficient (Wildman–Crippen LogP) is 1.79. The van der Waals surface area contributed by atoms with Crippen LogP contribution in [-0.4, -0.2) is 22.0 Å². The average molecular weight is 234 g/mol. The van der Waals surface area contributed by atoms with Gasteiger partial charge in [0.25, 0.3) is 0 Å². The van der Waals surface area contributed by atoms with Gasteiger partial charge in [-0.3, -0.25) is 9.78 Å². The molecule has 1 aliphatic rings. The molecule has 0 aromatic carbocycles. The minimum Gasteiger partial charge on any atom is -0.398 e. The molecule has 0 aliphatic heterocycles. The van der Waals surface area contributed by atoms with E-state index in [2.05, 4.69) is 4.98 Å². The molecule has 1 fully saturated rings. The molecule has 0 saturated heterocycles. The molecule has 3 N–H and O–H groups in total. The number of rotatable bonds is 3. The van der Waals surface area contributed by atoms with Crippen LogP contribution in [0, 0.1) is 5.92 Å². The van der Waals surface area contributed by atoms with Gasteiger partial charge >= 0.3 is 0 Å². The van der Waals surface area contributed by atoms with Crippen molar-refractivity contribution in [1.82, 2.24) is 4.98 Å². The molecule has 1 atom stereocenters. The molecule has 1 aromatic rings. The van der Waals surface area contributed by atoms with Crippen LogP contribution in [0.4, 0.5) is 5.69 Å². The molecule has 92 valence electrons. The number of hydrogen-bond donors (Lipinski definition) is 2. The molecular weight excluding hydrogens is 216 g/mol. The molecular formula is C13H18N2O2. The minimum atomic E-state index is -0.929. The van der Waals surface area contributed by atoms with E-state index in [1.165, 1.54) is 12.6 Å². The maximum atomic E-state index is 12.1. The quantitative estimate of drug-likeness (QED) is 0.782. The van der Waals surface area contributed by atoms with Crippen molar-refractivity contribution in [2.75, 3.05) is 5.73 Å². The van der Waals surface area contributed by atoms with E-state index in [4.69, 9.17) is 5.73 Å². The van der Waals surface area contributed by atoms with Gasteiger partial charge in [0.1, 0.15) is 6.10 Å². The standard InChI is InChI=1S/C13H18N2O2/c14-11-6-7-15-8-10(11)13(17)12(16)9-4-2-1-3-5-9/h6-9,12,16H,1-5H2,(H2,14,15). The van der Waals surface area contributed by atoms with Gasteiger partial charge in [0.05, 0.1) is 5.56 Å². The summed E-state index contributed by atoms with van der Waals surface area (Å²) in [4.78, 5) is 16.0. The zero-order chi connectivity index (χ0) is 12.3. The second-order valence-corrected chi connectivity index (χ2v) is 4.67. The summed E-state index contributed by atoms with van der Waals surface area (Å²) in [7, 11) is 0. The minimum absolute atomic E-state index is 0.0795. The number of anilines is 1. The van der Waals surface area contributed by atoms with Gasteiger partial charge in [-0.05, 0) is 24.8 Å². The predicted molar refractivity (Wildman–Crippen MR) is 65.6 cm³/mol. The summed E-state index contributed by atoms with van der Waals surface area (Å²) in [6.45, 7) is 0. The van der Waals surface area contributed by atoms with Crippen molar-refractivity contribution in [3.05, 3.63) is 24.0 Å². The van der Waals surface area contributed by atoms with E-state index in [0.717, 1.165) is 25.7 Å². The van der Waals surface area contributed by atoms with E-state index in [1.807, 2.05) is 0 Å². The molecule has 1 unspecified atom stereocenters. The lowest BCUT2D eigenvalue weighted by atomic mass is 9.82. The third kappa shape index (κ3) is 2.64. The van der Waals surface area contributed by atoms with Gasteiger partial charge in [0, 0.05) is 18.1 Å². The molecule has 1 aromatic heterocycles. The molecule has 0 radical (unpaired) electrons. The van der Waals surface area contributed by atoms with Gasteiger partial charge < -0.3 is 10.8 Å². The highest BCUT2D eigenvalue weighted by Gasteiger charge is 2.29. The zero-order valence-corrected chi connectivity index (χ0v) is 9.80. The molecule has 1 heterocycles. The lowest BCUT2D eigenvalue weighted by Crippen LogP contribution is -2.31. The van der Waals surface area contributed by atoms with Gasteiger partial charge in [0.15, 0.2) is 5.78 Å². The normalized spacial score (nSPS) is 18.9. The molecule has 1 aliphatic carbocycles. The molecule has 2 rings (SSSR count). The Kier molecular flexibility index (Phi) is 3.74. The third-order valence-electron chi connectivity index (χ3n) is 3.49. The number of nitrogens with two attached hydrogens (primary N) is 1. The summed E-state index contributed by atoms with van der Waals surface area (Å²) in [5.74, 6) is -0.210. The van der Waals surface area contributed by atoms with Crippen LogP contribution in [0.25, 0.3) is 0 Å². The summed E-state index contributed by atoms with van der Waals surface area (Å²) >= 11 is 0. The van der Waals surface area contributed by atoms with Gasteiger partial charge in [-0.2, -0.15) is 0 Å². The topological polar surface area (TPSA) is 76.2 Å². The Labute approximate surface area is 101 Å². The first kappa shape index (κ1) is 12.0. The largest absolute Gasteiger partial charge is 0.398 e. The number of nitrogens with zero attached hydrogens (tertiary/aromatic N) is 1. The van der Waals surface area contributed by atoms with Crippen LogP contribution in [0.15, 0.2) is 18.5 Å². The van der Waals surface area contributed by atoms with Crippen LogP contribution in [0.1, 0.15) is 42.5 Å². The number of pyridine rings is 1. The number of aliphatic hydroxyl groups excluding tert-OH is 1. The zero-order valence-electron chi connectivity index (χ0n) is 9.80. The van der Waals surface area contributed by atoms with E-state index in [-0.39, 0.29) is 11.7 Å². The highest BCUT2D eigenvalue weighted by atomic mass is 16.3. The number of ketones is 1. The molecule has 4 heteroatoms. The maximum absolute atomic E-state index is 12.1. The van der Waals surface area contributed by atoms with Crippen molar-refractivity contribution in [1.29, 1.82) is 0 Å². The van der Waals surface area contributed by atoms with E-state index in [9.17, 15) is 9.90 Å². The fraction of sp³-hybridized carbons (Fsp3) is 0.538. The number of Topliss-reactive ketones (excluding diaryl/α,β-unsaturated/α-hetero) is 1. The van der Waals surface area contributed by atoms with Crippen LogP contribution >= 0.6 is 0 Å². The van der Waals surface area contributed by atoms with Crippen molar-refractivity contribution in [2.45, 2.75) is 38.2 Å². The van der Waals surface area contributed by atoms with Crippen molar-refractivity contribution in [2.24, 2.45) is 5.92 Å². The summed E-state index contributed by atoms with van der Waals surface area (Å²) in [6.07, 6.45) is 7.28. The fourth-order valence-corrected chi connectivity index (χ4v) is 2.43. The highest BCUT2D eigenvalue weighted by Crippen LogP contribution is 2.28. The van der Waals surface area contributed by atoms with E-state index in [0.29, 0.717) is 11.3 Å². The first-order chi connectivity index (χ1) is 8.20. The van der Waals surface area contributed by atoms with Crippen molar-refractivity contribution >= 4 is 11.5 Å². The molecule has 0 amide bonds. The van der Waals surface area contributed by atoms with Crippen molar-refractivity contribution in [3.63, 3.8) is 0 Å². The SMILES string of the molecule is Nc1ccncc1C(=O)C(O)C1CCCCC1. The lowest BCUT2D eigenvalue weighted by Gasteiger charge is -2.25. The summed E-state index contributed by atoms with van der Waals surface area (Å²) < 4.78 is 0. The van der Waals surface area contributed by atoms with Gasteiger partial charge in [-0.1, -0.05) is 19.3 Å². The van der Waals surface area contributed by atoms with Crippen LogP contribution in [0.2, 0.25) is 0 Å². The first-order valence-electron chi connectivity index (χ1n) is 6.12. The molecule has 0 bridgehead atoms. The van der Waals surface area contributed by atoms with Gasteiger partial charge in [-0.15, -0.1) is 0 Å². The Hall–Kier alpha value is -1.42. The number of carbonyl (C=O) groups is 1. The second kappa shape index (κ2) is 5.27. The fourth-order valence-electron chi connectivity index (χ4n) is 2.43. The van der Waals surface area contributed by atoms with Crippen molar-refractivity contribution in [3.8, 4) is 0 Å². The molecule has 4 nitrogen and oxygen atoms in total. The van der Waals surface area contributed by atoms with Crippen LogP contribution in [0.3, 0.4) is 0 Å². The average Bonchev–Trinajstić information content (AvgIpc) is 2.39. The maximum Gasteiger partial charge on any atom is 0.195 e. The van der Waals surface area contributed by atoms with Crippen molar-refractivity contribution < 1.29 is 9.90 Å². The Balaban J connectivity index is 2.11. The number of nitrogen functional groups attached to an aromatic ring is 1. The summed E-state index contributed by atoms with van der Waals surface area (Å²) in [5, 5.41) is 10.1. The first-order valence-corrected chi connectivity index (χ1v) is 6.12. The van der Waals surface area contributed by atoms with E-state index < -0.39 is 6.10 Å². The van der Waals surface area contributed by atoms with E-state index in [1.54, 1.807) is 12.3 Å². The van der Waals surface area contributed by atoms with Crippen LogP contribution in [-0.2, 0) is 0 Å². The molecule has 0 spiro atoms. The highest BCUT2D eigenvalue weighted by molar-refractivity contribution is 6.03. The Morgan fingerprint density at radius 2 is 2.12 bits per heavy atom. The van der Waals surface area contributed by atoms with Gasteiger partial charge in [0.2, 0.25) is 0 Å². The number of hydrogen-bond acceptors (Lipinski definition) is 4. The monoisotopic (exact) mass is 234 g/mol. The van der Waals surface area contributed by atoms with Gasteiger partial charge in [-0.25, -0.2) is 0 Å². The van der Waals surface area contributed by atoms with E-state index >= 15 is 0 Å². The summed E-state index contributed by atoms with van der Waals surface area (Å²) in [6, 6.07) is 1.58. The number of carbonyl (C=O) groups excluding carboxylic acids is 1. The number of aliphatic hydroxyl groups is 1. The Morgan fingerprint density at radius 3 is 2.76 bits per heavy atom. The smallest absolute Gasteiger partial charge is 0.195 e. The number of aromatic nitrogens is 1. The third-order valence-corrected chi connectivity index (χ3v) is 3.49. The van der Waals surface area contributed by atoms with Crippen LogP contribution < -0.4 is 5.73 Å². The lowest BCUT2D eigenvalue weighted by molar-refractivity contribution is 0.0535. The summed E-state index contributed by atoms with van der Waals surface area (Å²) in [5.41, 5.74) is 6.44. The second-order valence-electron chi connectivity index (χ2n) is 4.67. The molecule has 17 heavy (non-hydrogen) atoms.